The van der Waals surface area contributed by atoms with E-state index >= 15 is 4.39 Å². The van der Waals surface area contributed by atoms with Gasteiger partial charge in [0.15, 0.2) is 0 Å². The molecule has 1 amide bonds. The van der Waals surface area contributed by atoms with Crippen molar-refractivity contribution >= 4 is 11.9 Å². The van der Waals surface area contributed by atoms with E-state index in [4.69, 9.17) is 0 Å². The Hall–Kier alpha value is -3.99. The number of aliphatic carboxylic acids is 1. The molecule has 1 aliphatic heterocycles. The molecule has 46 heavy (non-hydrogen) atoms. The lowest BCUT2D eigenvalue weighted by Gasteiger charge is -2.42. The first-order valence-electron chi connectivity index (χ1n) is 15.5. The number of carboxylic acid groups (broad SMARTS) is 1. The topological polar surface area (TPSA) is 105 Å². The van der Waals surface area contributed by atoms with Crippen LogP contribution in [0.3, 0.4) is 0 Å². The van der Waals surface area contributed by atoms with E-state index in [-0.39, 0.29) is 29.2 Å². The zero-order chi connectivity index (χ0) is 34.1. The summed E-state index contributed by atoms with van der Waals surface area (Å²) in [5.74, 6) is -2.99. The van der Waals surface area contributed by atoms with Crippen LogP contribution in [0.1, 0.15) is 79.3 Å². The average molecular weight is 641 g/mol. The highest BCUT2D eigenvalue weighted by Gasteiger charge is 2.38. The minimum atomic E-state index is -1.26. The Bertz CT molecular complexity index is 1670. The fraction of sp³-hybridized carbons (Fsp3) is 0.486. The number of alkyl halides is 1. The number of carbonyl (C=O) groups excluding carboxylic acids is 1. The summed E-state index contributed by atoms with van der Waals surface area (Å²) in [4.78, 5) is 45.7. The lowest BCUT2D eigenvalue weighted by Crippen LogP contribution is -2.57. The maximum atomic E-state index is 15.8. The molecule has 2 N–H and O–H groups in total. The molecule has 2 atom stereocenters. The minimum Gasteiger partial charge on any atom is -0.481 e. The molecule has 0 spiro atoms. The first kappa shape index (κ1) is 34.9. The quantitative estimate of drug-likeness (QED) is 0.255. The van der Waals surface area contributed by atoms with Crippen LogP contribution in [0.25, 0.3) is 11.1 Å². The van der Waals surface area contributed by atoms with E-state index in [2.05, 4.69) is 10.3 Å². The van der Waals surface area contributed by atoms with E-state index in [1.165, 1.54) is 29.0 Å². The lowest BCUT2D eigenvalue weighted by atomic mass is 9.90. The van der Waals surface area contributed by atoms with Gasteiger partial charge >= 0.3 is 5.97 Å². The fourth-order valence-corrected chi connectivity index (χ4v) is 6.40. The van der Waals surface area contributed by atoms with Gasteiger partial charge in [0.2, 0.25) is 5.91 Å². The summed E-state index contributed by atoms with van der Waals surface area (Å²) in [6.07, 6.45) is 1.61. The summed E-state index contributed by atoms with van der Waals surface area (Å²) in [5.41, 5.74) is 1.78. The molecule has 8 nitrogen and oxygen atoms in total. The van der Waals surface area contributed by atoms with Crippen molar-refractivity contribution in [3.8, 4) is 11.1 Å². The second-order valence-electron chi connectivity index (χ2n) is 13.3. The molecule has 0 radical (unpaired) electrons. The molecular formula is C35H43F3N4O4. The highest BCUT2D eigenvalue weighted by molar-refractivity contribution is 5.82. The molecular weight excluding hydrogens is 597 g/mol. The summed E-state index contributed by atoms with van der Waals surface area (Å²) < 4.78 is 45.1. The number of rotatable bonds is 12. The molecule has 11 heteroatoms. The molecule has 2 heterocycles. The predicted octanol–water partition coefficient (Wildman–Crippen LogP) is 5.93. The standard InChI is InChI=1S/C35H43F3N4O4/c1-19(2)10-29(42-16-26(39-23(6)34(42)46)8-9-41-17-35(7,38)18-41)33(45)40-28(15-30(43)44)27-14-24(11-22(5)32(27)37)31-20(3)12-25(36)13-21(31)4/h11-14,16,19,28-29H,8-10,15,17-18H2,1-7H3,(H,40,45)(H,43,44)/t28-,29-/m0/s1. The van der Waals surface area contributed by atoms with Gasteiger partial charge in [-0.1, -0.05) is 13.8 Å². The number of likely N-dealkylation sites (tertiary alicyclic amines) is 1. The Morgan fingerprint density at radius 2 is 1.67 bits per heavy atom. The molecule has 0 bridgehead atoms. The molecule has 248 valence electrons. The largest absolute Gasteiger partial charge is 0.481 e. The highest BCUT2D eigenvalue weighted by Crippen LogP contribution is 2.34. The SMILES string of the molecule is Cc1cc(-c2c(C)cc(F)cc2C)cc([C@H](CC(=O)O)NC(=O)[C@H](CC(C)C)n2cc(CCN3CC(C)(F)C3)nc(C)c2=O)c1F. The normalized spacial score (nSPS) is 15.8. The van der Waals surface area contributed by atoms with E-state index < -0.39 is 53.2 Å². The van der Waals surface area contributed by atoms with E-state index in [0.717, 1.165) is 0 Å². The maximum absolute atomic E-state index is 15.8. The zero-order valence-corrected chi connectivity index (χ0v) is 27.5. The summed E-state index contributed by atoms with van der Waals surface area (Å²) in [5, 5.41) is 12.5. The maximum Gasteiger partial charge on any atom is 0.305 e. The second-order valence-corrected chi connectivity index (χ2v) is 13.3. The van der Waals surface area contributed by atoms with Crippen molar-refractivity contribution in [1.29, 1.82) is 0 Å². The second kappa shape index (κ2) is 13.8. The summed E-state index contributed by atoms with van der Waals surface area (Å²) in [7, 11) is 0. The van der Waals surface area contributed by atoms with Crippen LogP contribution < -0.4 is 10.9 Å². The zero-order valence-electron chi connectivity index (χ0n) is 27.5. The van der Waals surface area contributed by atoms with E-state index in [1.54, 1.807) is 40.7 Å². The smallest absolute Gasteiger partial charge is 0.305 e. The van der Waals surface area contributed by atoms with Crippen LogP contribution in [0.15, 0.2) is 35.3 Å². The van der Waals surface area contributed by atoms with Crippen molar-refractivity contribution in [2.45, 2.75) is 85.5 Å². The molecule has 1 saturated heterocycles. The van der Waals surface area contributed by atoms with E-state index in [0.29, 0.717) is 54.0 Å². The van der Waals surface area contributed by atoms with Crippen LogP contribution in [-0.2, 0) is 16.0 Å². The van der Waals surface area contributed by atoms with Crippen LogP contribution in [0.5, 0.6) is 0 Å². The lowest BCUT2D eigenvalue weighted by molar-refractivity contribution is -0.138. The molecule has 2 aromatic carbocycles. The molecule has 0 aliphatic carbocycles. The van der Waals surface area contributed by atoms with Gasteiger partial charge in [-0.25, -0.2) is 13.2 Å². The van der Waals surface area contributed by atoms with Gasteiger partial charge in [-0.2, -0.15) is 0 Å². The highest BCUT2D eigenvalue weighted by atomic mass is 19.1. The third-order valence-electron chi connectivity index (χ3n) is 8.41. The third kappa shape index (κ3) is 8.04. The number of hydrogen-bond donors (Lipinski definition) is 2. The molecule has 1 aromatic heterocycles. The fourth-order valence-electron chi connectivity index (χ4n) is 6.40. The number of carboxylic acids is 1. The Balaban J connectivity index is 1.71. The Morgan fingerprint density at radius 1 is 1.04 bits per heavy atom. The minimum absolute atomic E-state index is 0.0227. The van der Waals surface area contributed by atoms with Crippen LogP contribution in [0.2, 0.25) is 0 Å². The van der Waals surface area contributed by atoms with Gasteiger partial charge in [0.25, 0.3) is 5.56 Å². The van der Waals surface area contributed by atoms with Gasteiger partial charge in [0.1, 0.15) is 29.0 Å². The van der Waals surface area contributed by atoms with Crippen LogP contribution in [0, 0.1) is 45.2 Å². The van der Waals surface area contributed by atoms with Crippen molar-refractivity contribution in [3.05, 3.63) is 86.1 Å². The first-order chi connectivity index (χ1) is 21.5. The van der Waals surface area contributed by atoms with E-state index in [1.807, 2.05) is 18.7 Å². The number of amides is 1. The molecule has 3 aromatic rings. The summed E-state index contributed by atoms with van der Waals surface area (Å²) in [6, 6.07) is 3.56. The number of carbonyl (C=O) groups is 2. The van der Waals surface area contributed by atoms with Gasteiger partial charge in [0, 0.05) is 37.8 Å². The van der Waals surface area contributed by atoms with Crippen molar-refractivity contribution in [1.82, 2.24) is 19.8 Å². The Labute approximate surface area is 267 Å². The first-order valence-corrected chi connectivity index (χ1v) is 15.5. The monoisotopic (exact) mass is 640 g/mol. The number of aromatic nitrogens is 2. The van der Waals surface area contributed by atoms with Crippen molar-refractivity contribution in [3.63, 3.8) is 0 Å². The Morgan fingerprint density at radius 3 is 2.24 bits per heavy atom. The van der Waals surface area contributed by atoms with Crippen LogP contribution in [-0.4, -0.2) is 56.7 Å². The predicted molar refractivity (Wildman–Crippen MR) is 171 cm³/mol. The van der Waals surface area contributed by atoms with Crippen molar-refractivity contribution in [2.75, 3.05) is 19.6 Å². The van der Waals surface area contributed by atoms with Gasteiger partial charge in [-0.05, 0) is 99.0 Å². The van der Waals surface area contributed by atoms with Crippen molar-refractivity contribution in [2.24, 2.45) is 5.92 Å². The van der Waals surface area contributed by atoms with Crippen LogP contribution >= 0.6 is 0 Å². The molecule has 0 saturated carbocycles. The van der Waals surface area contributed by atoms with Gasteiger partial charge in [-0.3, -0.25) is 28.8 Å². The number of benzene rings is 2. The summed E-state index contributed by atoms with van der Waals surface area (Å²) >= 11 is 0. The van der Waals surface area contributed by atoms with E-state index in [9.17, 15) is 28.3 Å². The Kier molecular flexibility index (Phi) is 10.5. The number of aryl methyl sites for hydroxylation is 4. The van der Waals surface area contributed by atoms with Crippen LogP contribution in [0.4, 0.5) is 13.2 Å². The number of halogens is 3. The summed E-state index contributed by atoms with van der Waals surface area (Å²) in [6.45, 7) is 13.1. The van der Waals surface area contributed by atoms with Gasteiger partial charge in [-0.15, -0.1) is 0 Å². The number of nitrogens with one attached hydrogen (secondary N) is 1. The molecule has 1 aliphatic rings. The van der Waals surface area contributed by atoms with Crippen molar-refractivity contribution < 1.29 is 27.9 Å². The third-order valence-corrected chi connectivity index (χ3v) is 8.41. The molecule has 1 fully saturated rings. The number of hydrogen-bond acceptors (Lipinski definition) is 5. The van der Waals surface area contributed by atoms with Gasteiger partial charge in [0.05, 0.1) is 18.2 Å². The molecule has 4 rings (SSSR count). The average Bonchev–Trinajstić information content (AvgIpc) is 2.91. The van der Waals surface area contributed by atoms with Gasteiger partial charge < -0.3 is 10.4 Å². The number of nitrogens with zero attached hydrogens (tertiary/aromatic N) is 3. The molecule has 0 unspecified atom stereocenters.